The van der Waals surface area contributed by atoms with E-state index in [9.17, 15) is 29.4 Å². The monoisotopic (exact) mass is 498 g/mol. The number of aliphatic carboxylic acids is 2. The largest absolute Gasteiger partial charge is 2.00 e. The van der Waals surface area contributed by atoms with Gasteiger partial charge in [-0.15, -0.1) is 0 Å². The first kappa shape index (κ1) is 36.7. The van der Waals surface area contributed by atoms with Gasteiger partial charge in [-0.25, -0.2) is 0 Å². The summed E-state index contributed by atoms with van der Waals surface area (Å²) in [7, 11) is 0. The third-order valence-electron chi connectivity index (χ3n) is 4.59. The van der Waals surface area contributed by atoms with Gasteiger partial charge >= 0.3 is 49.7 Å². The number of carboxylic acid groups (broad SMARTS) is 2. The Bertz CT molecular complexity index is 453. The van der Waals surface area contributed by atoms with Gasteiger partial charge in [-0.05, 0) is 25.7 Å². The maximum Gasteiger partial charge on any atom is 2.00 e. The minimum Gasteiger partial charge on any atom is -0.550 e. The molecule has 0 atom stereocenters. The SMILES string of the molecule is CCCCCCCCOC(=O)CCC(=O)[O-].CCCCCCCCOC(=O)CCC(=O)[O-].[Ca+2]. The molecule has 0 aromatic heterocycles. The molecule has 0 spiro atoms. The van der Waals surface area contributed by atoms with Crippen molar-refractivity contribution < 1.29 is 38.9 Å². The Balaban J connectivity index is -0.000000529. The van der Waals surface area contributed by atoms with E-state index in [0.29, 0.717) is 13.2 Å². The van der Waals surface area contributed by atoms with Crippen LogP contribution in [0.5, 0.6) is 0 Å². The van der Waals surface area contributed by atoms with Crippen LogP contribution in [0.4, 0.5) is 0 Å². The molecule has 0 saturated carbocycles. The van der Waals surface area contributed by atoms with Gasteiger partial charge in [0.1, 0.15) is 0 Å². The molecule has 8 nitrogen and oxygen atoms in total. The maximum absolute atomic E-state index is 11.0. The normalized spacial score (nSPS) is 9.76. The maximum atomic E-state index is 11.0. The van der Waals surface area contributed by atoms with Crippen molar-refractivity contribution in [3.63, 3.8) is 0 Å². The molecule has 0 aliphatic heterocycles. The van der Waals surface area contributed by atoms with Crippen LogP contribution >= 0.6 is 0 Å². The molecule has 0 aliphatic carbocycles. The molecule has 0 N–H and O–H groups in total. The zero-order chi connectivity index (χ0) is 24.5. The van der Waals surface area contributed by atoms with Gasteiger partial charge < -0.3 is 29.3 Å². The molecule has 0 heterocycles. The van der Waals surface area contributed by atoms with E-state index in [1.54, 1.807) is 0 Å². The summed E-state index contributed by atoms with van der Waals surface area (Å²) >= 11 is 0. The van der Waals surface area contributed by atoms with Crippen LogP contribution in [0.1, 0.15) is 117 Å². The second-order valence-electron chi connectivity index (χ2n) is 7.72. The van der Waals surface area contributed by atoms with Gasteiger partial charge in [-0.2, -0.15) is 0 Å². The number of hydrogen-bond acceptors (Lipinski definition) is 8. The van der Waals surface area contributed by atoms with E-state index in [-0.39, 0.29) is 63.4 Å². The molecule has 0 aliphatic rings. The number of carbonyl (C=O) groups is 4. The molecule has 0 amide bonds. The summed E-state index contributed by atoms with van der Waals surface area (Å²) in [5.41, 5.74) is 0. The van der Waals surface area contributed by atoms with E-state index in [1.165, 1.54) is 51.4 Å². The van der Waals surface area contributed by atoms with E-state index in [1.807, 2.05) is 0 Å². The van der Waals surface area contributed by atoms with E-state index in [0.717, 1.165) is 25.7 Å². The van der Waals surface area contributed by atoms with Crippen molar-refractivity contribution in [1.82, 2.24) is 0 Å². The van der Waals surface area contributed by atoms with Gasteiger partial charge in [-0.3, -0.25) is 9.59 Å². The topological polar surface area (TPSA) is 133 Å². The number of carboxylic acids is 2. The first-order valence-corrected chi connectivity index (χ1v) is 12.0. The van der Waals surface area contributed by atoms with Crippen molar-refractivity contribution in [3.8, 4) is 0 Å². The molecule has 9 heteroatoms. The van der Waals surface area contributed by atoms with Crippen molar-refractivity contribution in [2.24, 2.45) is 0 Å². The second kappa shape index (κ2) is 29.2. The number of carbonyl (C=O) groups excluding carboxylic acids is 4. The van der Waals surface area contributed by atoms with Crippen LogP contribution < -0.4 is 10.2 Å². The van der Waals surface area contributed by atoms with Crippen molar-refractivity contribution in [2.75, 3.05) is 13.2 Å². The Hall–Kier alpha value is -0.860. The van der Waals surface area contributed by atoms with Crippen LogP contribution in [0.2, 0.25) is 0 Å². The summed E-state index contributed by atoms with van der Waals surface area (Å²) in [5, 5.41) is 20.1. The molecular weight excluding hydrogens is 456 g/mol. The van der Waals surface area contributed by atoms with Crippen LogP contribution in [-0.4, -0.2) is 74.8 Å². The number of hydrogen-bond donors (Lipinski definition) is 0. The summed E-state index contributed by atoms with van der Waals surface area (Å²) in [5.74, 6) is -3.32. The Morgan fingerprint density at radius 3 is 1.12 bits per heavy atom. The summed E-state index contributed by atoms with van der Waals surface area (Å²) in [6, 6.07) is 0. The van der Waals surface area contributed by atoms with E-state index in [4.69, 9.17) is 9.47 Å². The fraction of sp³-hybridized carbons (Fsp3) is 0.833. The van der Waals surface area contributed by atoms with Crippen molar-refractivity contribution in [2.45, 2.75) is 117 Å². The Labute approximate surface area is 229 Å². The van der Waals surface area contributed by atoms with Gasteiger partial charge in [-0.1, -0.05) is 78.1 Å². The summed E-state index contributed by atoms with van der Waals surface area (Å²) in [4.78, 5) is 42.1. The minimum absolute atomic E-state index is 0. The van der Waals surface area contributed by atoms with Crippen LogP contribution in [0, 0.1) is 0 Å². The predicted octanol–water partition coefficient (Wildman–Crippen LogP) is 2.46. The van der Waals surface area contributed by atoms with Gasteiger partial charge in [0, 0.05) is 11.9 Å². The van der Waals surface area contributed by atoms with Gasteiger partial charge in [0.15, 0.2) is 0 Å². The molecule has 0 saturated heterocycles. The third-order valence-corrected chi connectivity index (χ3v) is 4.59. The van der Waals surface area contributed by atoms with Crippen molar-refractivity contribution >= 4 is 61.6 Å². The first-order valence-electron chi connectivity index (χ1n) is 12.0. The van der Waals surface area contributed by atoms with Gasteiger partial charge in [0.2, 0.25) is 0 Å². The van der Waals surface area contributed by atoms with Crippen LogP contribution in [0.15, 0.2) is 0 Å². The Morgan fingerprint density at radius 1 is 0.515 bits per heavy atom. The second-order valence-corrected chi connectivity index (χ2v) is 7.72. The van der Waals surface area contributed by atoms with Gasteiger partial charge in [0.25, 0.3) is 0 Å². The fourth-order valence-electron chi connectivity index (χ4n) is 2.69. The zero-order valence-electron chi connectivity index (χ0n) is 20.7. The first-order chi connectivity index (χ1) is 15.3. The molecule has 33 heavy (non-hydrogen) atoms. The van der Waals surface area contributed by atoms with Crippen LogP contribution in [0.3, 0.4) is 0 Å². The average molecular weight is 499 g/mol. The molecular formula is C24H42CaO8. The minimum atomic E-state index is -1.21. The molecule has 0 bridgehead atoms. The van der Waals surface area contributed by atoms with E-state index >= 15 is 0 Å². The van der Waals surface area contributed by atoms with Crippen molar-refractivity contribution in [3.05, 3.63) is 0 Å². The van der Waals surface area contributed by atoms with Crippen LogP contribution in [-0.2, 0) is 28.7 Å². The smallest absolute Gasteiger partial charge is 0.550 e. The zero-order valence-corrected chi connectivity index (χ0v) is 22.9. The Morgan fingerprint density at radius 2 is 0.818 bits per heavy atom. The van der Waals surface area contributed by atoms with E-state index < -0.39 is 23.9 Å². The number of rotatable bonds is 20. The standard InChI is InChI=1S/2C12H22O4.Ca/c2*1-2-3-4-5-6-7-10-16-12(15)9-8-11(13)14;/h2*2-10H2,1H3,(H,13,14);/q;;+2/p-2. The molecule has 0 fully saturated rings. The molecule has 0 unspecified atom stereocenters. The molecule has 0 rings (SSSR count). The molecule has 188 valence electrons. The molecule has 0 aromatic rings. The van der Waals surface area contributed by atoms with Crippen LogP contribution in [0.25, 0.3) is 0 Å². The molecule has 0 aromatic carbocycles. The predicted molar refractivity (Wildman–Crippen MR) is 123 cm³/mol. The number of unbranched alkanes of at least 4 members (excludes halogenated alkanes) is 10. The summed E-state index contributed by atoms with van der Waals surface area (Å²) in [6.07, 6.45) is 12.9. The summed E-state index contributed by atoms with van der Waals surface area (Å²) < 4.78 is 9.74. The van der Waals surface area contributed by atoms with Crippen molar-refractivity contribution in [1.29, 1.82) is 0 Å². The molecule has 0 radical (unpaired) electrons. The fourth-order valence-corrected chi connectivity index (χ4v) is 2.69. The van der Waals surface area contributed by atoms with Gasteiger partial charge in [0.05, 0.1) is 26.1 Å². The average Bonchev–Trinajstić information content (AvgIpc) is 2.75. The summed E-state index contributed by atoms with van der Waals surface area (Å²) in [6.45, 7) is 5.13. The number of esters is 2. The quantitative estimate of drug-likeness (QED) is 0.142. The van der Waals surface area contributed by atoms with E-state index in [2.05, 4.69) is 13.8 Å². The third kappa shape index (κ3) is 35.9. The number of ether oxygens (including phenoxy) is 2. The Kier molecular flexibility index (Phi) is 32.4.